The summed E-state index contributed by atoms with van der Waals surface area (Å²) in [5, 5.41) is 16.5. The molecule has 0 unspecified atom stereocenters. The number of aliphatic hydroxyl groups is 1. The van der Waals surface area contributed by atoms with Crippen LogP contribution >= 0.6 is 11.3 Å². The molecule has 108 valence electrons. The number of nitrogens with one attached hydrogen (secondary N) is 1. The van der Waals surface area contributed by atoms with Crippen molar-refractivity contribution in [1.82, 2.24) is 10.3 Å². The SMILES string of the molecule is O[C@@H](CNC1CCN(c2nccs2)CC1)c1ccco1. The molecule has 2 aromatic heterocycles. The average molecular weight is 293 g/mol. The summed E-state index contributed by atoms with van der Waals surface area (Å²) in [6.07, 6.45) is 5.02. The topological polar surface area (TPSA) is 61.5 Å². The summed E-state index contributed by atoms with van der Waals surface area (Å²) in [6.45, 7) is 2.57. The highest BCUT2D eigenvalue weighted by Gasteiger charge is 2.21. The van der Waals surface area contributed by atoms with Crippen molar-refractivity contribution in [3.63, 3.8) is 0 Å². The normalized spacial score (nSPS) is 18.4. The zero-order chi connectivity index (χ0) is 13.8. The molecular weight excluding hydrogens is 274 g/mol. The number of nitrogens with zero attached hydrogens (tertiary/aromatic N) is 2. The highest BCUT2D eigenvalue weighted by molar-refractivity contribution is 7.13. The molecule has 2 aromatic rings. The first-order valence-electron chi connectivity index (χ1n) is 6.92. The molecule has 5 nitrogen and oxygen atoms in total. The zero-order valence-electron chi connectivity index (χ0n) is 11.2. The van der Waals surface area contributed by atoms with Crippen LogP contribution in [-0.2, 0) is 0 Å². The molecule has 0 bridgehead atoms. The van der Waals surface area contributed by atoms with Gasteiger partial charge in [-0.05, 0) is 25.0 Å². The highest BCUT2D eigenvalue weighted by atomic mass is 32.1. The summed E-state index contributed by atoms with van der Waals surface area (Å²) < 4.78 is 5.20. The number of rotatable bonds is 5. The van der Waals surface area contributed by atoms with Crippen LogP contribution in [0.4, 0.5) is 5.13 Å². The molecule has 2 N–H and O–H groups in total. The van der Waals surface area contributed by atoms with Crippen molar-refractivity contribution in [2.45, 2.75) is 25.0 Å². The summed E-state index contributed by atoms with van der Waals surface area (Å²) in [4.78, 5) is 6.67. The Hall–Kier alpha value is -1.37. The van der Waals surface area contributed by atoms with Gasteiger partial charge in [-0.25, -0.2) is 4.98 Å². The van der Waals surface area contributed by atoms with Gasteiger partial charge in [0.25, 0.3) is 0 Å². The first kappa shape index (κ1) is 13.6. The van der Waals surface area contributed by atoms with Crippen molar-refractivity contribution >= 4 is 16.5 Å². The van der Waals surface area contributed by atoms with Gasteiger partial charge in [-0.3, -0.25) is 0 Å². The second-order valence-corrected chi connectivity index (χ2v) is 5.89. The lowest BCUT2D eigenvalue weighted by Gasteiger charge is -2.32. The minimum Gasteiger partial charge on any atom is -0.467 e. The first-order valence-corrected chi connectivity index (χ1v) is 7.80. The number of piperidine rings is 1. The van der Waals surface area contributed by atoms with E-state index < -0.39 is 6.10 Å². The zero-order valence-corrected chi connectivity index (χ0v) is 12.1. The molecule has 1 saturated heterocycles. The quantitative estimate of drug-likeness (QED) is 0.883. The van der Waals surface area contributed by atoms with E-state index in [0.717, 1.165) is 31.1 Å². The number of aromatic nitrogens is 1. The third kappa shape index (κ3) is 3.20. The maximum Gasteiger partial charge on any atom is 0.185 e. The summed E-state index contributed by atoms with van der Waals surface area (Å²) in [5.74, 6) is 0.623. The van der Waals surface area contributed by atoms with Crippen LogP contribution in [0.25, 0.3) is 0 Å². The molecule has 0 aromatic carbocycles. The fraction of sp³-hybridized carbons (Fsp3) is 0.500. The summed E-state index contributed by atoms with van der Waals surface area (Å²) in [6, 6.07) is 4.05. The van der Waals surface area contributed by atoms with Crippen LogP contribution in [0.15, 0.2) is 34.4 Å². The van der Waals surface area contributed by atoms with Crippen molar-refractivity contribution in [3.8, 4) is 0 Å². The number of anilines is 1. The van der Waals surface area contributed by atoms with Crippen LogP contribution in [0.3, 0.4) is 0 Å². The summed E-state index contributed by atoms with van der Waals surface area (Å²) in [7, 11) is 0. The van der Waals surface area contributed by atoms with Crippen molar-refractivity contribution in [3.05, 3.63) is 35.7 Å². The Balaban J connectivity index is 1.43. The van der Waals surface area contributed by atoms with Gasteiger partial charge >= 0.3 is 0 Å². The van der Waals surface area contributed by atoms with E-state index in [2.05, 4.69) is 15.2 Å². The van der Waals surface area contributed by atoms with Gasteiger partial charge in [0, 0.05) is 37.3 Å². The van der Waals surface area contributed by atoms with Crippen LogP contribution in [0.5, 0.6) is 0 Å². The molecule has 6 heteroatoms. The fourth-order valence-electron chi connectivity index (χ4n) is 2.51. The molecule has 1 aliphatic heterocycles. The Morgan fingerprint density at radius 3 is 3.00 bits per heavy atom. The van der Waals surface area contributed by atoms with E-state index in [1.807, 2.05) is 11.6 Å². The standard InChI is InChI=1S/C14H19N3O2S/c18-12(13-2-1-8-19-13)10-16-11-3-6-17(7-4-11)14-15-5-9-20-14/h1-2,5,8-9,11-12,16,18H,3-4,6-7,10H2/t12-/m0/s1. The molecule has 0 radical (unpaired) electrons. The van der Waals surface area contributed by atoms with E-state index >= 15 is 0 Å². The predicted octanol–water partition coefficient (Wildman–Crippen LogP) is 2.03. The molecule has 0 spiro atoms. The van der Waals surface area contributed by atoms with Crippen molar-refractivity contribution in [2.24, 2.45) is 0 Å². The lowest BCUT2D eigenvalue weighted by atomic mass is 10.1. The number of hydrogen-bond donors (Lipinski definition) is 2. The molecule has 0 amide bonds. The van der Waals surface area contributed by atoms with Crippen molar-refractivity contribution < 1.29 is 9.52 Å². The van der Waals surface area contributed by atoms with Gasteiger partial charge in [0.15, 0.2) is 5.13 Å². The third-order valence-corrected chi connectivity index (χ3v) is 4.49. The Morgan fingerprint density at radius 2 is 2.35 bits per heavy atom. The maximum atomic E-state index is 9.97. The van der Waals surface area contributed by atoms with E-state index in [9.17, 15) is 5.11 Å². The van der Waals surface area contributed by atoms with E-state index in [4.69, 9.17) is 4.42 Å². The lowest BCUT2D eigenvalue weighted by Crippen LogP contribution is -2.43. The number of thiazole rings is 1. The van der Waals surface area contributed by atoms with Gasteiger partial charge in [0.2, 0.25) is 0 Å². The Labute approximate surface area is 122 Å². The van der Waals surface area contributed by atoms with E-state index in [0.29, 0.717) is 18.3 Å². The monoisotopic (exact) mass is 293 g/mol. The fourth-order valence-corrected chi connectivity index (χ4v) is 3.20. The maximum absolute atomic E-state index is 9.97. The third-order valence-electron chi connectivity index (χ3n) is 3.66. The predicted molar refractivity (Wildman–Crippen MR) is 79.0 cm³/mol. The Morgan fingerprint density at radius 1 is 1.50 bits per heavy atom. The largest absolute Gasteiger partial charge is 0.467 e. The Bertz CT molecular complexity index is 492. The molecule has 1 atom stereocenters. The van der Waals surface area contributed by atoms with Gasteiger partial charge < -0.3 is 19.7 Å². The molecule has 20 heavy (non-hydrogen) atoms. The van der Waals surface area contributed by atoms with Gasteiger partial charge in [-0.2, -0.15) is 0 Å². The van der Waals surface area contributed by atoms with Gasteiger partial charge in [0.1, 0.15) is 11.9 Å². The van der Waals surface area contributed by atoms with Gasteiger partial charge in [-0.1, -0.05) is 0 Å². The van der Waals surface area contributed by atoms with Crippen LogP contribution in [0, 0.1) is 0 Å². The summed E-state index contributed by atoms with van der Waals surface area (Å²) >= 11 is 1.69. The van der Waals surface area contributed by atoms with E-state index in [-0.39, 0.29) is 0 Å². The second kappa shape index (κ2) is 6.39. The van der Waals surface area contributed by atoms with Crippen LogP contribution in [0.2, 0.25) is 0 Å². The molecule has 0 saturated carbocycles. The van der Waals surface area contributed by atoms with E-state index in [1.165, 1.54) is 0 Å². The second-order valence-electron chi connectivity index (χ2n) is 5.02. The van der Waals surface area contributed by atoms with Crippen molar-refractivity contribution in [2.75, 3.05) is 24.5 Å². The number of furan rings is 1. The van der Waals surface area contributed by atoms with Gasteiger partial charge in [-0.15, -0.1) is 11.3 Å². The minimum atomic E-state index is -0.568. The highest BCUT2D eigenvalue weighted by Crippen LogP contribution is 2.22. The van der Waals surface area contributed by atoms with Crippen LogP contribution < -0.4 is 10.2 Å². The molecule has 3 rings (SSSR count). The van der Waals surface area contributed by atoms with Gasteiger partial charge in [0.05, 0.1) is 6.26 Å². The first-order chi connectivity index (χ1) is 9.83. The van der Waals surface area contributed by atoms with Crippen molar-refractivity contribution in [1.29, 1.82) is 0 Å². The van der Waals surface area contributed by atoms with Crippen LogP contribution in [-0.4, -0.2) is 35.8 Å². The smallest absolute Gasteiger partial charge is 0.185 e. The molecule has 1 fully saturated rings. The average Bonchev–Trinajstić information content (AvgIpc) is 3.18. The summed E-state index contributed by atoms with van der Waals surface area (Å²) in [5.41, 5.74) is 0. The number of aliphatic hydroxyl groups excluding tert-OH is 1. The number of hydrogen-bond acceptors (Lipinski definition) is 6. The van der Waals surface area contributed by atoms with Crippen LogP contribution in [0.1, 0.15) is 24.7 Å². The molecular formula is C14H19N3O2S. The minimum absolute atomic E-state index is 0.454. The van der Waals surface area contributed by atoms with E-state index in [1.54, 1.807) is 29.7 Å². The molecule has 3 heterocycles. The molecule has 1 aliphatic rings. The lowest BCUT2D eigenvalue weighted by molar-refractivity contribution is 0.141. The Kier molecular flexibility index (Phi) is 4.34. The molecule has 0 aliphatic carbocycles.